The lowest BCUT2D eigenvalue weighted by atomic mass is 10.0. The molecule has 250 valence electrons. The van der Waals surface area contributed by atoms with E-state index in [0.717, 1.165) is 44.8 Å². The van der Waals surface area contributed by atoms with Crippen LogP contribution in [0.4, 0.5) is 0 Å². The predicted octanol–water partition coefficient (Wildman–Crippen LogP) is 8.67. The lowest BCUT2D eigenvalue weighted by molar-refractivity contribution is 1.07. The van der Waals surface area contributed by atoms with Crippen molar-refractivity contribution >= 4 is 0 Å². The summed E-state index contributed by atoms with van der Waals surface area (Å²) in [5.74, 6) is 2.47. The second kappa shape index (κ2) is 14.1. The number of hydrogen-bond acceptors (Lipinski definition) is 8. The van der Waals surface area contributed by atoms with E-state index in [2.05, 4.69) is 44.7 Å². The van der Waals surface area contributed by atoms with Crippen molar-refractivity contribution in [2.24, 2.45) is 0 Å². The smallest absolute Gasteiger partial charge is 0.168 e. The average Bonchev–Trinajstić information content (AvgIpc) is 3.90. The third kappa shape index (κ3) is 6.12. The molecule has 0 aliphatic heterocycles. The van der Waals surface area contributed by atoms with Crippen molar-refractivity contribution in [3.63, 3.8) is 0 Å². The van der Waals surface area contributed by atoms with E-state index >= 15 is 0 Å². The summed E-state index contributed by atoms with van der Waals surface area (Å²) in [5, 5.41) is 55.6. The molecule has 6 aromatic carbocycles. The average molecular weight is 693 g/mol. The SMILES string of the molecule is N#Cc1ccc(-c2nnc(-c3ccc(-c4ccc(-c5nnc(-c6ccc(C#N)cc6)n5-c5ccc(C#N)cc5)cc4)cc3)n2-c2ccc(C#N)cc2)cc1. The van der Waals surface area contributed by atoms with E-state index in [1.165, 1.54) is 0 Å². The summed E-state index contributed by atoms with van der Waals surface area (Å²) < 4.78 is 3.89. The summed E-state index contributed by atoms with van der Waals surface area (Å²) >= 11 is 0. The number of aromatic nitrogens is 6. The molecule has 0 fully saturated rings. The molecule has 2 aromatic heterocycles. The molecular formula is C44H24N10. The highest BCUT2D eigenvalue weighted by Crippen LogP contribution is 2.33. The van der Waals surface area contributed by atoms with Gasteiger partial charge in [0, 0.05) is 33.6 Å². The molecule has 0 saturated heterocycles. The van der Waals surface area contributed by atoms with Crippen LogP contribution < -0.4 is 0 Å². The zero-order valence-corrected chi connectivity index (χ0v) is 28.3. The largest absolute Gasteiger partial charge is 0.275 e. The maximum absolute atomic E-state index is 9.37. The highest BCUT2D eigenvalue weighted by Gasteiger charge is 2.20. The van der Waals surface area contributed by atoms with Crippen molar-refractivity contribution in [3.8, 4) is 92.3 Å². The molecular weight excluding hydrogens is 669 g/mol. The van der Waals surface area contributed by atoms with Gasteiger partial charge in [0.1, 0.15) is 0 Å². The van der Waals surface area contributed by atoms with Gasteiger partial charge in [-0.1, -0.05) is 48.5 Å². The molecule has 2 heterocycles. The van der Waals surface area contributed by atoms with E-state index < -0.39 is 0 Å². The van der Waals surface area contributed by atoms with Crippen LogP contribution in [-0.2, 0) is 0 Å². The fourth-order valence-corrected chi connectivity index (χ4v) is 6.19. The second-order valence-corrected chi connectivity index (χ2v) is 12.2. The van der Waals surface area contributed by atoms with Crippen LogP contribution in [0, 0.1) is 45.3 Å². The number of nitrogens with zero attached hydrogens (tertiary/aromatic N) is 10. The van der Waals surface area contributed by atoms with Gasteiger partial charge in [0.15, 0.2) is 23.3 Å². The minimum absolute atomic E-state index is 0.546. The number of rotatable bonds is 7. The molecule has 0 atom stereocenters. The van der Waals surface area contributed by atoms with Crippen LogP contribution >= 0.6 is 0 Å². The normalized spacial score (nSPS) is 10.5. The van der Waals surface area contributed by atoms with Gasteiger partial charge in [-0.3, -0.25) is 9.13 Å². The van der Waals surface area contributed by atoms with Crippen LogP contribution in [0.25, 0.3) is 68.1 Å². The number of hydrogen-bond donors (Lipinski definition) is 0. The molecule has 8 rings (SSSR count). The van der Waals surface area contributed by atoms with Crippen LogP contribution in [0.2, 0.25) is 0 Å². The van der Waals surface area contributed by atoms with Crippen LogP contribution in [0.1, 0.15) is 22.3 Å². The first kappa shape index (κ1) is 32.7. The molecule has 0 bridgehead atoms. The number of benzene rings is 6. The molecule has 8 aromatic rings. The monoisotopic (exact) mass is 692 g/mol. The Labute approximate surface area is 310 Å². The van der Waals surface area contributed by atoms with Crippen LogP contribution in [0.5, 0.6) is 0 Å². The molecule has 0 aliphatic rings. The standard InChI is InChI=1S/C44H24N10/c45-25-29-1-9-35(10-2-29)41-49-51-43(53(41)39-21-5-31(27-47)6-22-39)37-17-13-33(14-18-37)34-15-19-38(20-16-34)44-52-50-42(36-11-3-30(26-46)4-12-36)54(44)40-23-7-32(28-48)8-24-40/h1-24H. The topological polar surface area (TPSA) is 157 Å². The maximum atomic E-state index is 9.37. The summed E-state index contributed by atoms with van der Waals surface area (Å²) in [4.78, 5) is 0. The summed E-state index contributed by atoms with van der Waals surface area (Å²) in [5.41, 5.74) is 9.06. The molecule has 0 saturated carbocycles. The van der Waals surface area contributed by atoms with Crippen LogP contribution in [0.15, 0.2) is 146 Å². The summed E-state index contributed by atoms with van der Waals surface area (Å²) in [6.45, 7) is 0. The Kier molecular flexibility index (Phi) is 8.52. The maximum Gasteiger partial charge on any atom is 0.168 e. The van der Waals surface area contributed by atoms with Gasteiger partial charge in [0.2, 0.25) is 0 Å². The lowest BCUT2D eigenvalue weighted by Gasteiger charge is -2.12. The van der Waals surface area contributed by atoms with Crippen LogP contribution in [0.3, 0.4) is 0 Å². The van der Waals surface area contributed by atoms with Crippen molar-refractivity contribution in [2.75, 3.05) is 0 Å². The Morgan fingerprint density at radius 3 is 0.722 bits per heavy atom. The van der Waals surface area contributed by atoms with E-state index in [4.69, 9.17) is 0 Å². The van der Waals surface area contributed by atoms with Crippen LogP contribution in [-0.4, -0.2) is 29.5 Å². The van der Waals surface area contributed by atoms with Gasteiger partial charge in [-0.05, 0) is 108 Å². The number of nitriles is 4. The van der Waals surface area contributed by atoms with Gasteiger partial charge < -0.3 is 0 Å². The minimum atomic E-state index is 0.546. The minimum Gasteiger partial charge on any atom is -0.275 e. The third-order valence-electron chi connectivity index (χ3n) is 9.00. The first-order valence-corrected chi connectivity index (χ1v) is 16.7. The first-order chi connectivity index (χ1) is 26.6. The summed E-state index contributed by atoms with van der Waals surface area (Å²) in [7, 11) is 0. The Balaban J connectivity index is 1.13. The lowest BCUT2D eigenvalue weighted by Crippen LogP contribution is -2.01. The molecule has 10 heteroatoms. The highest BCUT2D eigenvalue weighted by molar-refractivity contribution is 5.74. The first-order valence-electron chi connectivity index (χ1n) is 16.7. The van der Waals surface area contributed by atoms with Gasteiger partial charge in [-0.25, -0.2) is 0 Å². The Hall–Kier alpha value is -8.44. The fraction of sp³-hybridized carbons (Fsp3) is 0. The van der Waals surface area contributed by atoms with Gasteiger partial charge in [-0.15, -0.1) is 20.4 Å². The van der Waals surface area contributed by atoms with E-state index in [9.17, 15) is 21.0 Å². The van der Waals surface area contributed by atoms with Crippen molar-refractivity contribution in [3.05, 3.63) is 168 Å². The van der Waals surface area contributed by atoms with E-state index in [1.807, 2.05) is 106 Å². The van der Waals surface area contributed by atoms with Crippen molar-refractivity contribution in [2.45, 2.75) is 0 Å². The third-order valence-corrected chi connectivity index (χ3v) is 9.00. The Morgan fingerprint density at radius 1 is 0.278 bits per heavy atom. The molecule has 0 unspecified atom stereocenters. The van der Waals surface area contributed by atoms with Gasteiger partial charge >= 0.3 is 0 Å². The molecule has 10 nitrogen and oxygen atoms in total. The molecule has 0 aliphatic carbocycles. The zero-order valence-electron chi connectivity index (χ0n) is 28.3. The van der Waals surface area contributed by atoms with Gasteiger partial charge in [0.05, 0.1) is 46.5 Å². The van der Waals surface area contributed by atoms with E-state index in [1.54, 1.807) is 48.5 Å². The highest BCUT2D eigenvalue weighted by atomic mass is 15.3. The molecule has 54 heavy (non-hydrogen) atoms. The fourth-order valence-electron chi connectivity index (χ4n) is 6.19. The van der Waals surface area contributed by atoms with E-state index in [-0.39, 0.29) is 0 Å². The molecule has 0 N–H and O–H groups in total. The van der Waals surface area contributed by atoms with Crippen molar-refractivity contribution in [1.29, 1.82) is 21.0 Å². The summed E-state index contributed by atoms with van der Waals surface area (Å²) in [6.07, 6.45) is 0. The molecule has 0 radical (unpaired) electrons. The summed E-state index contributed by atoms with van der Waals surface area (Å²) in [6, 6.07) is 53.7. The predicted molar refractivity (Wildman–Crippen MR) is 202 cm³/mol. The molecule has 0 spiro atoms. The van der Waals surface area contributed by atoms with Crippen molar-refractivity contribution < 1.29 is 0 Å². The van der Waals surface area contributed by atoms with Gasteiger partial charge in [0.25, 0.3) is 0 Å². The van der Waals surface area contributed by atoms with E-state index in [0.29, 0.717) is 45.6 Å². The zero-order chi connectivity index (χ0) is 37.0. The second-order valence-electron chi connectivity index (χ2n) is 12.2. The Bertz CT molecular complexity index is 2600. The van der Waals surface area contributed by atoms with Crippen molar-refractivity contribution in [1.82, 2.24) is 29.5 Å². The molecule has 0 amide bonds. The van der Waals surface area contributed by atoms with Gasteiger partial charge in [-0.2, -0.15) is 21.0 Å². The quantitative estimate of drug-likeness (QED) is 0.161. The Morgan fingerprint density at radius 2 is 0.481 bits per heavy atom.